The molecule has 0 spiro atoms. The third-order valence-electron chi connectivity index (χ3n) is 11.2. The molecule has 2 bridgehead atoms. The summed E-state index contributed by atoms with van der Waals surface area (Å²) >= 11 is 0. The number of halogens is 1. The van der Waals surface area contributed by atoms with Gasteiger partial charge < -0.3 is 23.7 Å². The van der Waals surface area contributed by atoms with Gasteiger partial charge in [-0.15, -0.1) is 0 Å². The Morgan fingerprint density at radius 3 is 2.37 bits per heavy atom. The van der Waals surface area contributed by atoms with Crippen molar-refractivity contribution in [3.63, 3.8) is 0 Å². The predicted octanol–water partition coefficient (Wildman–Crippen LogP) is 3.12. The molecule has 3 aromatic rings. The minimum atomic E-state index is -4.16. The summed E-state index contributed by atoms with van der Waals surface area (Å²) in [6.07, 6.45) is 3.30. The lowest BCUT2D eigenvalue weighted by Gasteiger charge is -2.41. The fourth-order valence-corrected chi connectivity index (χ4v) is 10.2. The van der Waals surface area contributed by atoms with Crippen LogP contribution in [0.1, 0.15) is 68.7 Å². The van der Waals surface area contributed by atoms with Crippen molar-refractivity contribution in [2.45, 2.75) is 70.6 Å². The second kappa shape index (κ2) is 13.5. The van der Waals surface area contributed by atoms with Gasteiger partial charge in [0.2, 0.25) is 0 Å². The first kappa shape index (κ1) is 35.4. The number of aryl methyl sites for hydroxylation is 2. The molecule has 1 N–H and O–H groups in total. The molecular formula is C36H44FN5O8S. The summed E-state index contributed by atoms with van der Waals surface area (Å²) in [5.41, 5.74) is 3.23. The number of nitrogens with zero attached hydrogens (tertiary/aromatic N) is 4. The highest BCUT2D eigenvalue weighted by atomic mass is 32.2. The Balaban J connectivity index is 1.13. The van der Waals surface area contributed by atoms with E-state index in [1.54, 1.807) is 7.11 Å². The second-order valence-corrected chi connectivity index (χ2v) is 15.7. The van der Waals surface area contributed by atoms with E-state index in [2.05, 4.69) is 27.6 Å². The van der Waals surface area contributed by atoms with Crippen LogP contribution in [0.3, 0.4) is 0 Å². The summed E-state index contributed by atoms with van der Waals surface area (Å²) in [6.45, 7) is 7.13. The van der Waals surface area contributed by atoms with Crippen molar-refractivity contribution in [3.8, 4) is 5.75 Å². The van der Waals surface area contributed by atoms with Gasteiger partial charge in [-0.1, -0.05) is 0 Å². The van der Waals surface area contributed by atoms with Crippen molar-refractivity contribution in [1.29, 1.82) is 0 Å². The molecular weight excluding hydrogens is 681 g/mol. The standard InChI is InChI=1S/C36H44FN5O8S/c1-20-14-30(40-13-12-39(3)24(17-40)19-48-4)21(2)33-32(20)25-10-11-41(18-28(25)36(45)50-33)35(44)26-16-31(49-5)27(15-29(26)37)34(43)38-51(46,47)42-22-6-7-23(42)9-8-22/h14-16,22-24H,6-13,17-19H2,1-5H3,(H,38,43). The largest absolute Gasteiger partial charge is 0.496 e. The van der Waals surface area contributed by atoms with Gasteiger partial charge in [0.1, 0.15) is 17.1 Å². The summed E-state index contributed by atoms with van der Waals surface area (Å²) in [4.78, 5) is 46.4. The summed E-state index contributed by atoms with van der Waals surface area (Å²) < 4.78 is 62.0. The monoisotopic (exact) mass is 725 g/mol. The van der Waals surface area contributed by atoms with Crippen molar-refractivity contribution >= 4 is 38.7 Å². The molecule has 0 saturated carbocycles. The Bertz CT molecular complexity index is 2070. The van der Waals surface area contributed by atoms with Crippen LogP contribution in [0.5, 0.6) is 5.75 Å². The summed E-state index contributed by atoms with van der Waals surface area (Å²) in [5.74, 6) is -2.93. The average Bonchev–Trinajstić information content (AvgIpc) is 3.73. The Hall–Kier alpha value is -4.05. The lowest BCUT2D eigenvalue weighted by Crippen LogP contribution is -2.53. The van der Waals surface area contributed by atoms with Gasteiger partial charge >= 0.3 is 15.8 Å². The van der Waals surface area contributed by atoms with E-state index in [0.29, 0.717) is 24.2 Å². The Morgan fingerprint density at radius 2 is 1.71 bits per heavy atom. The molecule has 1 unspecified atom stereocenters. The molecule has 15 heteroatoms. The zero-order chi connectivity index (χ0) is 36.4. The number of hydrogen-bond donors (Lipinski definition) is 1. The first-order chi connectivity index (χ1) is 24.3. The molecule has 5 heterocycles. The highest BCUT2D eigenvalue weighted by molar-refractivity contribution is 7.87. The highest BCUT2D eigenvalue weighted by Crippen LogP contribution is 2.40. The number of ether oxygens (including phenoxy) is 2. The lowest BCUT2D eigenvalue weighted by atomic mass is 9.92. The molecule has 274 valence electrons. The van der Waals surface area contributed by atoms with E-state index in [4.69, 9.17) is 13.9 Å². The number of piperazine rings is 1. The number of nitrogens with one attached hydrogen (secondary N) is 1. The maximum atomic E-state index is 15.6. The molecule has 3 saturated heterocycles. The van der Waals surface area contributed by atoms with E-state index in [1.165, 1.54) is 16.3 Å². The number of carbonyl (C=O) groups excluding carboxylic acids is 2. The molecule has 2 amide bonds. The van der Waals surface area contributed by atoms with Crippen molar-refractivity contribution in [1.82, 2.24) is 18.8 Å². The summed E-state index contributed by atoms with van der Waals surface area (Å²) in [5, 5.41) is 0.848. The molecule has 0 radical (unpaired) electrons. The van der Waals surface area contributed by atoms with E-state index in [9.17, 15) is 22.8 Å². The smallest absolute Gasteiger partial charge is 0.341 e. The van der Waals surface area contributed by atoms with E-state index < -0.39 is 33.5 Å². The predicted molar refractivity (Wildman–Crippen MR) is 188 cm³/mol. The first-order valence-electron chi connectivity index (χ1n) is 17.4. The molecule has 51 heavy (non-hydrogen) atoms. The van der Waals surface area contributed by atoms with Crippen molar-refractivity contribution in [2.75, 3.05) is 59.0 Å². The molecule has 4 aliphatic rings. The van der Waals surface area contributed by atoms with Gasteiger partial charge in [0.15, 0.2) is 0 Å². The van der Waals surface area contributed by atoms with Gasteiger partial charge in [0.05, 0.1) is 43.0 Å². The van der Waals surface area contributed by atoms with Crippen molar-refractivity contribution in [3.05, 3.63) is 67.8 Å². The molecule has 1 atom stereocenters. The van der Waals surface area contributed by atoms with Gasteiger partial charge in [0, 0.05) is 62.0 Å². The lowest BCUT2D eigenvalue weighted by molar-refractivity contribution is 0.0727. The molecule has 13 nitrogen and oxygen atoms in total. The minimum absolute atomic E-state index is 0.0930. The third kappa shape index (κ3) is 6.17. The number of rotatable bonds is 8. The number of fused-ring (bicyclic) bond motifs is 5. The molecule has 7 rings (SSSR count). The SMILES string of the molecule is COCC1CN(c2cc(C)c3c4c(c(=O)oc3c2C)CN(C(=O)c2cc(OC)c(C(=O)NS(=O)(=O)N3C5CCC3CC5)cc2F)CC4)CCN1C. The number of amides is 2. The quantitative estimate of drug-likeness (QED) is 0.345. The maximum absolute atomic E-state index is 15.6. The van der Waals surface area contributed by atoms with Crippen LogP contribution in [0.4, 0.5) is 10.1 Å². The zero-order valence-electron chi connectivity index (χ0n) is 29.6. The van der Waals surface area contributed by atoms with E-state index >= 15 is 4.39 Å². The first-order valence-corrected chi connectivity index (χ1v) is 18.8. The second-order valence-electron chi connectivity index (χ2n) is 14.2. The zero-order valence-corrected chi connectivity index (χ0v) is 30.4. The minimum Gasteiger partial charge on any atom is -0.496 e. The van der Waals surface area contributed by atoms with Gasteiger partial charge in [-0.3, -0.25) is 14.5 Å². The number of benzene rings is 2. The van der Waals surface area contributed by atoms with Crippen LogP contribution in [0.25, 0.3) is 11.0 Å². The van der Waals surface area contributed by atoms with Gasteiger partial charge in [-0.05, 0) is 82.3 Å². The Morgan fingerprint density at radius 1 is 1.00 bits per heavy atom. The van der Waals surface area contributed by atoms with Crippen molar-refractivity contribution in [2.24, 2.45) is 0 Å². The number of methoxy groups -OCH3 is 2. The molecule has 4 aliphatic heterocycles. The van der Waals surface area contributed by atoms with E-state index in [0.717, 1.165) is 85.2 Å². The van der Waals surface area contributed by atoms with Crippen LogP contribution in [-0.4, -0.2) is 107 Å². The van der Waals surface area contributed by atoms with Crippen LogP contribution in [-0.2, 0) is 27.9 Å². The fourth-order valence-electron chi connectivity index (χ4n) is 8.51. The van der Waals surface area contributed by atoms with E-state index in [-0.39, 0.29) is 48.1 Å². The van der Waals surface area contributed by atoms with Crippen LogP contribution in [0, 0.1) is 19.7 Å². The third-order valence-corrected chi connectivity index (χ3v) is 12.8. The summed E-state index contributed by atoms with van der Waals surface area (Å²) in [7, 11) is 0.875. The average molecular weight is 726 g/mol. The van der Waals surface area contributed by atoms with Gasteiger partial charge in [0.25, 0.3) is 11.8 Å². The molecule has 0 aliphatic carbocycles. The molecule has 1 aromatic heterocycles. The van der Waals surface area contributed by atoms with E-state index in [1.807, 2.05) is 13.8 Å². The van der Waals surface area contributed by atoms with Crippen LogP contribution in [0.15, 0.2) is 27.4 Å². The summed E-state index contributed by atoms with van der Waals surface area (Å²) in [6, 6.07) is 3.96. The van der Waals surface area contributed by atoms with Crippen LogP contribution >= 0.6 is 0 Å². The van der Waals surface area contributed by atoms with Crippen LogP contribution in [0.2, 0.25) is 0 Å². The number of likely N-dealkylation sites (N-methyl/N-ethyl adjacent to an activating group) is 1. The topological polar surface area (TPSA) is 142 Å². The normalized spacial score (nSPS) is 22.4. The highest BCUT2D eigenvalue weighted by Gasteiger charge is 2.47. The maximum Gasteiger partial charge on any atom is 0.341 e. The van der Waals surface area contributed by atoms with Crippen molar-refractivity contribution < 1.29 is 36.3 Å². The van der Waals surface area contributed by atoms with Gasteiger partial charge in [-0.2, -0.15) is 12.7 Å². The molecule has 3 fully saturated rings. The number of hydrogen-bond acceptors (Lipinski definition) is 10. The number of carbonyl (C=O) groups is 2. The Labute approximate surface area is 296 Å². The van der Waals surface area contributed by atoms with Gasteiger partial charge in [-0.25, -0.2) is 13.9 Å². The fraction of sp³-hybridized carbons (Fsp3) is 0.528. The van der Waals surface area contributed by atoms with Crippen LogP contribution < -0.4 is 20.0 Å². The Kier molecular flexibility index (Phi) is 9.35. The molecule has 2 aromatic carbocycles. The number of anilines is 1.